The van der Waals surface area contributed by atoms with E-state index in [1.54, 1.807) is 11.3 Å². The molecule has 0 aliphatic heterocycles. The summed E-state index contributed by atoms with van der Waals surface area (Å²) in [4.78, 5) is 5.76. The van der Waals surface area contributed by atoms with Crippen LogP contribution in [0.2, 0.25) is 0 Å². The van der Waals surface area contributed by atoms with Crippen molar-refractivity contribution in [1.29, 1.82) is 0 Å². The molecule has 2 heterocycles. The van der Waals surface area contributed by atoms with Crippen molar-refractivity contribution in [3.63, 3.8) is 0 Å². The fourth-order valence-corrected chi connectivity index (χ4v) is 2.36. The first kappa shape index (κ1) is 11.3. The smallest absolute Gasteiger partial charge is 0.0801 e. The van der Waals surface area contributed by atoms with Crippen molar-refractivity contribution in [3.05, 3.63) is 41.4 Å². The number of thiophene rings is 1. The lowest BCUT2D eigenvalue weighted by Gasteiger charge is -2.07. The molecule has 0 saturated carbocycles. The van der Waals surface area contributed by atoms with Gasteiger partial charge in [0.05, 0.1) is 10.6 Å². The molecule has 2 heteroatoms. The van der Waals surface area contributed by atoms with E-state index < -0.39 is 0 Å². The van der Waals surface area contributed by atoms with Gasteiger partial charge in [0.15, 0.2) is 0 Å². The second kappa shape index (κ2) is 5.26. The van der Waals surface area contributed by atoms with Crippen molar-refractivity contribution in [1.82, 2.24) is 4.98 Å². The first-order chi connectivity index (χ1) is 7.79. The molecule has 0 radical (unpaired) electrons. The highest BCUT2D eigenvalue weighted by molar-refractivity contribution is 7.13. The van der Waals surface area contributed by atoms with Crippen molar-refractivity contribution in [2.24, 2.45) is 5.92 Å². The van der Waals surface area contributed by atoms with Gasteiger partial charge < -0.3 is 0 Å². The molecule has 0 spiro atoms. The maximum Gasteiger partial charge on any atom is 0.0801 e. The van der Waals surface area contributed by atoms with E-state index in [0.29, 0.717) is 0 Å². The average molecular weight is 231 g/mol. The molecule has 0 amide bonds. The van der Waals surface area contributed by atoms with Crippen molar-refractivity contribution in [3.8, 4) is 10.6 Å². The summed E-state index contributed by atoms with van der Waals surface area (Å²) < 4.78 is 0. The van der Waals surface area contributed by atoms with Crippen molar-refractivity contribution >= 4 is 11.3 Å². The Hall–Kier alpha value is -1.15. The van der Waals surface area contributed by atoms with Crippen LogP contribution in [0.25, 0.3) is 10.6 Å². The van der Waals surface area contributed by atoms with E-state index >= 15 is 0 Å². The maximum atomic E-state index is 4.52. The highest BCUT2D eigenvalue weighted by Gasteiger charge is 2.03. The molecular weight excluding hydrogens is 214 g/mol. The van der Waals surface area contributed by atoms with Gasteiger partial charge in [-0.15, -0.1) is 11.3 Å². The molecular formula is C14H17NS. The molecule has 0 fully saturated rings. The van der Waals surface area contributed by atoms with Gasteiger partial charge in [0.2, 0.25) is 0 Å². The minimum absolute atomic E-state index is 0.745. The van der Waals surface area contributed by atoms with Crippen molar-refractivity contribution in [2.45, 2.75) is 26.7 Å². The summed E-state index contributed by atoms with van der Waals surface area (Å²) in [6, 6.07) is 8.51. The van der Waals surface area contributed by atoms with Crippen LogP contribution in [-0.4, -0.2) is 4.98 Å². The summed E-state index contributed by atoms with van der Waals surface area (Å²) in [5.41, 5.74) is 2.43. The van der Waals surface area contributed by atoms with Crippen molar-refractivity contribution in [2.75, 3.05) is 0 Å². The number of hydrogen-bond donors (Lipinski definition) is 0. The van der Waals surface area contributed by atoms with Crippen LogP contribution in [0.3, 0.4) is 0 Å². The zero-order valence-electron chi connectivity index (χ0n) is 9.81. The second-order valence-electron chi connectivity index (χ2n) is 4.25. The van der Waals surface area contributed by atoms with E-state index in [1.165, 1.54) is 16.9 Å². The normalized spacial score (nSPS) is 12.6. The molecule has 0 aliphatic rings. The predicted octanol–water partition coefficient (Wildman–Crippen LogP) is 4.40. The molecule has 0 bridgehead atoms. The molecule has 84 valence electrons. The molecule has 1 atom stereocenters. The molecule has 2 rings (SSSR count). The van der Waals surface area contributed by atoms with Gasteiger partial charge in [-0.25, -0.2) is 0 Å². The van der Waals surface area contributed by atoms with Gasteiger partial charge in [0.25, 0.3) is 0 Å². The van der Waals surface area contributed by atoms with Crippen LogP contribution in [0.1, 0.15) is 25.8 Å². The van der Waals surface area contributed by atoms with Crippen LogP contribution in [0.5, 0.6) is 0 Å². The molecule has 2 aromatic heterocycles. The average Bonchev–Trinajstić information content (AvgIpc) is 2.83. The van der Waals surface area contributed by atoms with E-state index in [-0.39, 0.29) is 0 Å². The molecule has 0 N–H and O–H groups in total. The summed E-state index contributed by atoms with van der Waals surface area (Å²) in [6.45, 7) is 4.52. The third-order valence-corrected chi connectivity index (χ3v) is 3.77. The fourth-order valence-electron chi connectivity index (χ4n) is 1.66. The first-order valence-electron chi connectivity index (χ1n) is 5.78. The van der Waals surface area contributed by atoms with Crippen LogP contribution in [0, 0.1) is 5.92 Å². The summed E-state index contributed by atoms with van der Waals surface area (Å²) in [5, 5.41) is 2.09. The third-order valence-electron chi connectivity index (χ3n) is 2.88. The molecule has 1 nitrogen and oxygen atoms in total. The van der Waals surface area contributed by atoms with Gasteiger partial charge in [-0.1, -0.05) is 32.4 Å². The number of hydrogen-bond acceptors (Lipinski definition) is 2. The van der Waals surface area contributed by atoms with E-state index in [9.17, 15) is 0 Å². The highest BCUT2D eigenvalue weighted by Crippen LogP contribution is 2.23. The summed E-state index contributed by atoms with van der Waals surface area (Å²) in [7, 11) is 0. The van der Waals surface area contributed by atoms with Crippen molar-refractivity contribution < 1.29 is 0 Å². The molecule has 0 saturated heterocycles. The van der Waals surface area contributed by atoms with Gasteiger partial charge in [-0.05, 0) is 35.4 Å². The van der Waals surface area contributed by atoms with Crippen LogP contribution in [0.4, 0.5) is 0 Å². The summed E-state index contributed by atoms with van der Waals surface area (Å²) >= 11 is 1.74. The van der Waals surface area contributed by atoms with Gasteiger partial charge >= 0.3 is 0 Å². The van der Waals surface area contributed by atoms with Gasteiger partial charge in [0, 0.05) is 6.20 Å². The Morgan fingerprint density at radius 3 is 2.75 bits per heavy atom. The number of aromatic nitrogens is 1. The summed E-state index contributed by atoms with van der Waals surface area (Å²) in [6.07, 6.45) is 4.38. The lowest BCUT2D eigenvalue weighted by molar-refractivity contribution is 0.559. The van der Waals surface area contributed by atoms with E-state index in [4.69, 9.17) is 0 Å². The van der Waals surface area contributed by atoms with Crippen LogP contribution in [-0.2, 0) is 6.42 Å². The maximum absolute atomic E-state index is 4.52. The van der Waals surface area contributed by atoms with Gasteiger partial charge in [-0.2, -0.15) is 0 Å². The molecule has 0 aromatic carbocycles. The second-order valence-corrected chi connectivity index (χ2v) is 5.19. The topological polar surface area (TPSA) is 12.9 Å². The Kier molecular flexibility index (Phi) is 3.73. The molecule has 0 aliphatic carbocycles. The Labute approximate surface area is 101 Å². The SMILES string of the molecule is CCC(C)Cc1ccc(-c2cccs2)nc1. The van der Waals surface area contributed by atoms with E-state index in [0.717, 1.165) is 18.0 Å². The zero-order chi connectivity index (χ0) is 11.4. The van der Waals surface area contributed by atoms with E-state index in [2.05, 4.69) is 48.5 Å². The lowest BCUT2D eigenvalue weighted by atomic mass is 10.00. The first-order valence-corrected chi connectivity index (χ1v) is 6.66. The minimum atomic E-state index is 0.745. The van der Waals surface area contributed by atoms with Gasteiger partial charge in [-0.3, -0.25) is 4.98 Å². The quantitative estimate of drug-likeness (QED) is 0.760. The number of rotatable bonds is 4. The third kappa shape index (κ3) is 2.70. The van der Waals surface area contributed by atoms with Crippen LogP contribution >= 0.6 is 11.3 Å². The number of nitrogens with zero attached hydrogens (tertiary/aromatic N) is 1. The van der Waals surface area contributed by atoms with Gasteiger partial charge in [0.1, 0.15) is 0 Å². The van der Waals surface area contributed by atoms with Crippen LogP contribution in [0.15, 0.2) is 35.8 Å². The highest BCUT2D eigenvalue weighted by atomic mass is 32.1. The standard InChI is InChI=1S/C14H17NS/c1-3-11(2)9-12-6-7-13(15-10-12)14-5-4-8-16-14/h4-8,10-11H,3,9H2,1-2H3. The largest absolute Gasteiger partial charge is 0.255 e. The predicted molar refractivity (Wildman–Crippen MR) is 70.7 cm³/mol. The fraction of sp³-hybridized carbons (Fsp3) is 0.357. The number of pyridine rings is 1. The zero-order valence-corrected chi connectivity index (χ0v) is 10.6. The Balaban J connectivity index is 2.11. The Morgan fingerprint density at radius 1 is 1.31 bits per heavy atom. The van der Waals surface area contributed by atoms with Crippen LogP contribution < -0.4 is 0 Å². The minimum Gasteiger partial charge on any atom is -0.255 e. The van der Waals surface area contributed by atoms with E-state index in [1.807, 2.05) is 6.20 Å². The monoisotopic (exact) mass is 231 g/mol. The Bertz CT molecular complexity index is 417. The summed E-state index contributed by atoms with van der Waals surface area (Å²) in [5.74, 6) is 0.745. The molecule has 16 heavy (non-hydrogen) atoms. The molecule has 2 aromatic rings. The molecule has 1 unspecified atom stereocenters. The Morgan fingerprint density at radius 2 is 2.19 bits per heavy atom. The lowest BCUT2D eigenvalue weighted by Crippen LogP contribution is -1.98.